The van der Waals surface area contributed by atoms with Crippen molar-refractivity contribution in [3.63, 3.8) is 0 Å². The Morgan fingerprint density at radius 3 is 2.57 bits per heavy atom. The van der Waals surface area contributed by atoms with Crippen molar-refractivity contribution in [2.75, 3.05) is 5.73 Å². The van der Waals surface area contributed by atoms with Gasteiger partial charge in [0.1, 0.15) is 5.69 Å². The van der Waals surface area contributed by atoms with Crippen molar-refractivity contribution < 1.29 is 9.72 Å². The van der Waals surface area contributed by atoms with E-state index in [4.69, 9.17) is 5.73 Å². The van der Waals surface area contributed by atoms with Crippen molar-refractivity contribution in [1.82, 2.24) is 5.32 Å². The zero-order valence-corrected chi connectivity index (χ0v) is 11.5. The highest BCUT2D eigenvalue weighted by Gasteiger charge is 2.20. The smallest absolute Gasteiger partial charge is 0.293 e. The van der Waals surface area contributed by atoms with Crippen molar-refractivity contribution in [1.29, 1.82) is 0 Å². The predicted molar refractivity (Wildman–Crippen MR) is 79.9 cm³/mol. The van der Waals surface area contributed by atoms with E-state index in [-0.39, 0.29) is 16.9 Å². The molecule has 0 spiro atoms. The minimum absolute atomic E-state index is 0.115. The van der Waals surface area contributed by atoms with Gasteiger partial charge in [-0.25, -0.2) is 0 Å². The molecule has 0 aliphatic rings. The van der Waals surface area contributed by atoms with Crippen molar-refractivity contribution in [2.24, 2.45) is 0 Å². The molecule has 6 nitrogen and oxygen atoms in total. The third kappa shape index (κ3) is 3.36. The SMILES string of the molecule is Cc1cc(C(=O)NCc2ccccc2)c(N)c([N+](=O)[O-])c1. The Hall–Kier alpha value is -2.89. The van der Waals surface area contributed by atoms with Gasteiger partial charge in [0.15, 0.2) is 0 Å². The topological polar surface area (TPSA) is 98.3 Å². The van der Waals surface area contributed by atoms with Gasteiger partial charge in [0, 0.05) is 12.6 Å². The molecular weight excluding hydrogens is 270 g/mol. The van der Waals surface area contributed by atoms with Gasteiger partial charge in [-0.15, -0.1) is 0 Å². The van der Waals surface area contributed by atoms with E-state index >= 15 is 0 Å². The first-order valence-corrected chi connectivity index (χ1v) is 6.35. The number of anilines is 1. The molecule has 1 amide bonds. The summed E-state index contributed by atoms with van der Waals surface area (Å²) in [6.07, 6.45) is 0. The molecule has 108 valence electrons. The number of hydrogen-bond donors (Lipinski definition) is 2. The summed E-state index contributed by atoms with van der Waals surface area (Å²) in [6, 6.07) is 12.3. The maximum atomic E-state index is 12.2. The fraction of sp³-hybridized carbons (Fsp3) is 0.133. The molecular formula is C15H15N3O3. The lowest BCUT2D eigenvalue weighted by Crippen LogP contribution is -2.24. The van der Waals surface area contributed by atoms with E-state index in [1.165, 1.54) is 6.07 Å². The highest BCUT2D eigenvalue weighted by molar-refractivity contribution is 6.01. The highest BCUT2D eigenvalue weighted by atomic mass is 16.6. The lowest BCUT2D eigenvalue weighted by molar-refractivity contribution is -0.384. The molecule has 0 aliphatic carbocycles. The summed E-state index contributed by atoms with van der Waals surface area (Å²) in [5, 5.41) is 13.6. The highest BCUT2D eigenvalue weighted by Crippen LogP contribution is 2.27. The number of aryl methyl sites for hydroxylation is 1. The standard InChI is InChI=1S/C15H15N3O3/c1-10-7-12(14(16)13(8-10)18(20)21)15(19)17-9-11-5-3-2-4-6-11/h2-8H,9,16H2,1H3,(H,17,19). The minimum Gasteiger partial charge on any atom is -0.393 e. The number of nitrogens with zero attached hydrogens (tertiary/aromatic N) is 1. The van der Waals surface area contributed by atoms with Gasteiger partial charge >= 0.3 is 0 Å². The lowest BCUT2D eigenvalue weighted by atomic mass is 10.1. The Kier molecular flexibility index (Phi) is 4.18. The van der Waals surface area contributed by atoms with Crippen LogP contribution in [0.4, 0.5) is 11.4 Å². The first kappa shape index (κ1) is 14.5. The second-order valence-corrected chi connectivity index (χ2v) is 4.67. The van der Waals surface area contributed by atoms with E-state index in [9.17, 15) is 14.9 Å². The van der Waals surface area contributed by atoms with Crippen LogP contribution in [-0.4, -0.2) is 10.8 Å². The number of nitrogens with one attached hydrogen (secondary N) is 1. The second-order valence-electron chi connectivity index (χ2n) is 4.67. The molecule has 21 heavy (non-hydrogen) atoms. The number of amides is 1. The molecule has 0 saturated carbocycles. The number of hydrogen-bond acceptors (Lipinski definition) is 4. The zero-order valence-electron chi connectivity index (χ0n) is 11.5. The number of rotatable bonds is 4. The first-order valence-electron chi connectivity index (χ1n) is 6.35. The van der Waals surface area contributed by atoms with Crippen LogP contribution < -0.4 is 11.1 Å². The molecule has 2 aromatic carbocycles. The van der Waals surface area contributed by atoms with Crippen LogP contribution in [0.15, 0.2) is 42.5 Å². The van der Waals surface area contributed by atoms with Crippen LogP contribution in [0.5, 0.6) is 0 Å². The Labute approximate surface area is 121 Å². The van der Waals surface area contributed by atoms with E-state index in [1.807, 2.05) is 30.3 Å². The number of carbonyl (C=O) groups excluding carboxylic acids is 1. The average Bonchev–Trinajstić information content (AvgIpc) is 2.47. The summed E-state index contributed by atoms with van der Waals surface area (Å²) in [7, 11) is 0. The van der Waals surface area contributed by atoms with Crippen LogP contribution in [-0.2, 0) is 6.54 Å². The Balaban J connectivity index is 2.21. The van der Waals surface area contributed by atoms with Gasteiger partial charge in [0.2, 0.25) is 0 Å². The van der Waals surface area contributed by atoms with E-state index in [2.05, 4.69) is 5.32 Å². The fourth-order valence-corrected chi connectivity index (χ4v) is 1.99. The molecule has 0 aromatic heterocycles. The second kappa shape index (κ2) is 6.04. The molecule has 0 aliphatic heterocycles. The number of nitrogen functional groups attached to an aromatic ring is 1. The third-order valence-electron chi connectivity index (χ3n) is 3.04. The van der Waals surface area contributed by atoms with Crippen molar-refractivity contribution in [3.05, 3.63) is 69.3 Å². The predicted octanol–water partition coefficient (Wildman–Crippen LogP) is 2.42. The maximum absolute atomic E-state index is 12.2. The van der Waals surface area contributed by atoms with Gasteiger partial charge < -0.3 is 11.1 Å². The van der Waals surface area contributed by atoms with Crippen LogP contribution in [0.2, 0.25) is 0 Å². The van der Waals surface area contributed by atoms with Gasteiger partial charge in [0.05, 0.1) is 10.5 Å². The number of nitrogens with two attached hydrogens (primary N) is 1. The van der Waals surface area contributed by atoms with Gasteiger partial charge in [-0.3, -0.25) is 14.9 Å². The molecule has 0 atom stereocenters. The van der Waals surface area contributed by atoms with Gasteiger partial charge in [-0.05, 0) is 24.1 Å². The Morgan fingerprint density at radius 1 is 1.29 bits per heavy atom. The van der Waals surface area contributed by atoms with Crippen molar-refractivity contribution >= 4 is 17.3 Å². The van der Waals surface area contributed by atoms with E-state index in [0.29, 0.717) is 12.1 Å². The number of nitro groups is 1. The lowest BCUT2D eigenvalue weighted by Gasteiger charge is -2.09. The molecule has 2 aromatic rings. The quantitative estimate of drug-likeness (QED) is 0.512. The molecule has 0 saturated heterocycles. The Bertz CT molecular complexity index is 684. The van der Waals surface area contributed by atoms with Gasteiger partial charge in [-0.1, -0.05) is 30.3 Å². The van der Waals surface area contributed by atoms with E-state index in [1.54, 1.807) is 13.0 Å². The summed E-state index contributed by atoms with van der Waals surface area (Å²) in [5.74, 6) is -0.428. The minimum atomic E-state index is -0.587. The summed E-state index contributed by atoms with van der Waals surface area (Å²) in [6.45, 7) is 2.02. The zero-order chi connectivity index (χ0) is 15.4. The Morgan fingerprint density at radius 2 is 1.95 bits per heavy atom. The van der Waals surface area contributed by atoms with Gasteiger partial charge in [0.25, 0.3) is 11.6 Å². The molecule has 0 bridgehead atoms. The molecule has 2 rings (SSSR count). The first-order chi connectivity index (χ1) is 9.99. The van der Waals surface area contributed by atoms with Crippen LogP contribution in [0.25, 0.3) is 0 Å². The number of carbonyl (C=O) groups is 1. The maximum Gasteiger partial charge on any atom is 0.293 e. The van der Waals surface area contributed by atoms with Crippen LogP contribution >= 0.6 is 0 Å². The monoisotopic (exact) mass is 285 g/mol. The number of benzene rings is 2. The third-order valence-corrected chi connectivity index (χ3v) is 3.04. The van der Waals surface area contributed by atoms with Crippen LogP contribution in [0.1, 0.15) is 21.5 Å². The largest absolute Gasteiger partial charge is 0.393 e. The van der Waals surface area contributed by atoms with E-state index in [0.717, 1.165) is 5.56 Å². The molecule has 6 heteroatoms. The normalized spacial score (nSPS) is 10.1. The average molecular weight is 285 g/mol. The van der Waals surface area contributed by atoms with Crippen molar-refractivity contribution in [2.45, 2.75) is 13.5 Å². The molecule has 0 heterocycles. The van der Waals surface area contributed by atoms with E-state index < -0.39 is 10.8 Å². The summed E-state index contributed by atoms with van der Waals surface area (Å²) in [4.78, 5) is 22.5. The molecule has 3 N–H and O–H groups in total. The van der Waals surface area contributed by atoms with Crippen LogP contribution in [0.3, 0.4) is 0 Å². The molecule has 0 radical (unpaired) electrons. The molecule has 0 unspecified atom stereocenters. The summed E-state index contributed by atoms with van der Waals surface area (Å²) < 4.78 is 0. The number of nitro benzene ring substituents is 1. The fourth-order valence-electron chi connectivity index (χ4n) is 1.99. The molecule has 0 fully saturated rings. The van der Waals surface area contributed by atoms with Crippen molar-refractivity contribution in [3.8, 4) is 0 Å². The summed E-state index contributed by atoms with van der Waals surface area (Å²) >= 11 is 0. The van der Waals surface area contributed by atoms with Crippen LogP contribution in [0, 0.1) is 17.0 Å². The summed E-state index contributed by atoms with van der Waals surface area (Å²) in [5.41, 5.74) is 7.03. The van der Waals surface area contributed by atoms with Gasteiger partial charge in [-0.2, -0.15) is 0 Å².